The van der Waals surface area contributed by atoms with Crippen LogP contribution in [0.3, 0.4) is 0 Å². The Kier molecular flexibility index (Phi) is 9.14. The highest BCUT2D eigenvalue weighted by Gasteiger charge is 2.30. The zero-order chi connectivity index (χ0) is 19.6. The van der Waals surface area contributed by atoms with E-state index in [9.17, 15) is 18.0 Å². The molecular formula is C16H22F3N3O3S. The van der Waals surface area contributed by atoms with Crippen LogP contribution in [0.2, 0.25) is 0 Å². The molecule has 0 radical (unpaired) electrons. The lowest BCUT2D eigenvalue weighted by molar-refractivity contribution is -0.274. The molecule has 146 valence electrons. The molecule has 10 heteroatoms. The minimum atomic E-state index is -4.60. The number of alkyl halides is 3. The van der Waals surface area contributed by atoms with Gasteiger partial charge in [0.15, 0.2) is 5.70 Å². The van der Waals surface area contributed by atoms with Gasteiger partial charge < -0.3 is 21.0 Å². The number of ether oxygens (including phenoxy) is 1. The number of aliphatic carboxylic acids is 1. The van der Waals surface area contributed by atoms with E-state index >= 15 is 0 Å². The van der Waals surface area contributed by atoms with E-state index in [-0.39, 0.29) is 16.5 Å². The molecule has 1 fully saturated rings. The molecule has 1 aliphatic rings. The zero-order valence-electron chi connectivity index (χ0n) is 14.0. The second kappa shape index (κ2) is 10.8. The number of nitrogens with two attached hydrogens (primary N) is 2. The van der Waals surface area contributed by atoms with Crippen molar-refractivity contribution in [3.05, 3.63) is 41.1 Å². The molecule has 26 heavy (non-hydrogen) atoms. The number of carboxylic acid groups (broad SMARTS) is 1. The Bertz CT molecular complexity index is 591. The summed E-state index contributed by atoms with van der Waals surface area (Å²) in [6, 6.07) is 7.05. The van der Waals surface area contributed by atoms with Crippen molar-refractivity contribution in [3.63, 3.8) is 0 Å². The topological polar surface area (TPSA) is 111 Å². The van der Waals surface area contributed by atoms with Gasteiger partial charge in [0.2, 0.25) is 0 Å². The highest BCUT2D eigenvalue weighted by atomic mass is 32.2. The van der Waals surface area contributed by atoms with E-state index < -0.39 is 12.3 Å². The van der Waals surface area contributed by atoms with Crippen LogP contribution in [0.25, 0.3) is 0 Å². The number of para-hydroxylation sites is 1. The maximum absolute atomic E-state index is 11.5. The molecule has 6 N–H and O–H groups in total. The number of nitrogens with one attached hydrogen (secondary N) is 1. The van der Waals surface area contributed by atoms with E-state index in [0.29, 0.717) is 5.25 Å². The second-order valence-corrected chi connectivity index (χ2v) is 6.77. The fraction of sp³-hybridized carbons (Fsp3) is 0.438. The zero-order valence-corrected chi connectivity index (χ0v) is 14.8. The highest BCUT2D eigenvalue weighted by molar-refractivity contribution is 8.03. The second-order valence-electron chi connectivity index (χ2n) is 5.43. The maximum Gasteiger partial charge on any atom is 0.573 e. The molecule has 1 aromatic carbocycles. The van der Waals surface area contributed by atoms with Gasteiger partial charge in [-0.3, -0.25) is 5.84 Å². The smallest absolute Gasteiger partial charge is 0.476 e. The van der Waals surface area contributed by atoms with Crippen LogP contribution in [0.5, 0.6) is 5.75 Å². The fourth-order valence-electron chi connectivity index (χ4n) is 2.28. The SMILES string of the molecule is FC(F)(F)Oc1ccccc1.NN/C(C(=O)O)=C(\N)SC1CCCCC1. The van der Waals surface area contributed by atoms with Crippen LogP contribution < -0.4 is 21.7 Å². The molecule has 0 spiro atoms. The van der Waals surface area contributed by atoms with Gasteiger partial charge in [0.25, 0.3) is 0 Å². The maximum atomic E-state index is 11.5. The van der Waals surface area contributed by atoms with Crippen molar-refractivity contribution in [3.8, 4) is 5.75 Å². The van der Waals surface area contributed by atoms with Crippen LogP contribution in [-0.4, -0.2) is 22.7 Å². The number of rotatable bonds is 5. The average Bonchev–Trinajstić information content (AvgIpc) is 2.56. The number of halogens is 3. The van der Waals surface area contributed by atoms with Crippen molar-refractivity contribution in [1.82, 2.24) is 5.43 Å². The lowest BCUT2D eigenvalue weighted by atomic mass is 10.0. The first-order chi connectivity index (χ1) is 12.2. The lowest BCUT2D eigenvalue weighted by Crippen LogP contribution is -2.30. The van der Waals surface area contributed by atoms with Gasteiger partial charge >= 0.3 is 12.3 Å². The van der Waals surface area contributed by atoms with Gasteiger partial charge in [-0.1, -0.05) is 37.5 Å². The summed E-state index contributed by atoms with van der Waals surface area (Å²) in [5.74, 6) is 3.79. The third-order valence-electron chi connectivity index (χ3n) is 3.43. The van der Waals surface area contributed by atoms with Crippen molar-refractivity contribution in [2.45, 2.75) is 43.7 Å². The molecule has 0 saturated heterocycles. The Morgan fingerprint density at radius 2 is 1.77 bits per heavy atom. The van der Waals surface area contributed by atoms with Gasteiger partial charge in [-0.15, -0.1) is 24.9 Å². The number of hydrogen-bond acceptors (Lipinski definition) is 6. The van der Waals surface area contributed by atoms with Crippen LogP contribution in [0.4, 0.5) is 13.2 Å². The molecule has 0 aromatic heterocycles. The van der Waals surface area contributed by atoms with Gasteiger partial charge in [0.05, 0.1) is 5.03 Å². The summed E-state index contributed by atoms with van der Waals surface area (Å²) in [7, 11) is 0. The van der Waals surface area contributed by atoms with Crippen LogP contribution in [0.15, 0.2) is 41.1 Å². The minimum absolute atomic E-state index is 0.106. The van der Waals surface area contributed by atoms with Crippen molar-refractivity contribution in [2.24, 2.45) is 11.6 Å². The monoisotopic (exact) mass is 393 g/mol. The number of hydrogen-bond donors (Lipinski definition) is 4. The van der Waals surface area contributed by atoms with E-state index in [1.807, 2.05) is 0 Å². The summed E-state index contributed by atoms with van der Waals surface area (Å²) in [6.45, 7) is 0. The molecule has 0 atom stereocenters. The first-order valence-corrected chi connectivity index (χ1v) is 8.78. The Morgan fingerprint density at radius 1 is 1.19 bits per heavy atom. The van der Waals surface area contributed by atoms with Crippen molar-refractivity contribution in [1.29, 1.82) is 0 Å². The largest absolute Gasteiger partial charge is 0.573 e. The van der Waals surface area contributed by atoms with E-state index in [1.54, 1.807) is 6.07 Å². The molecular weight excluding hydrogens is 371 g/mol. The van der Waals surface area contributed by atoms with Crippen LogP contribution in [0.1, 0.15) is 32.1 Å². The lowest BCUT2D eigenvalue weighted by Gasteiger charge is -2.21. The molecule has 0 unspecified atom stereocenters. The van der Waals surface area contributed by atoms with E-state index in [4.69, 9.17) is 16.7 Å². The minimum Gasteiger partial charge on any atom is -0.476 e. The molecule has 2 rings (SSSR count). The van der Waals surface area contributed by atoms with Gasteiger partial charge in [-0.25, -0.2) is 4.79 Å². The van der Waals surface area contributed by atoms with Gasteiger partial charge in [0, 0.05) is 5.25 Å². The standard InChI is InChI=1S/C9H17N3O2S.C7H5F3O/c10-8(7(12-11)9(13)14)15-6-4-2-1-3-5-6;8-7(9,10)11-6-4-2-1-3-5-6/h6,12H,1-5,10-11H2,(H,13,14);1-5H/b8-7+;. The summed E-state index contributed by atoms with van der Waals surface area (Å²) in [5, 5.41) is 9.49. The molecule has 1 aliphatic carbocycles. The third kappa shape index (κ3) is 8.86. The summed E-state index contributed by atoms with van der Waals surface area (Å²) in [6.07, 6.45) is 1.27. The predicted molar refractivity (Wildman–Crippen MR) is 93.8 cm³/mol. The van der Waals surface area contributed by atoms with E-state index in [0.717, 1.165) is 12.8 Å². The molecule has 0 amide bonds. The van der Waals surface area contributed by atoms with Crippen LogP contribution in [0, 0.1) is 0 Å². The Hall–Kier alpha value is -2.07. The molecule has 1 aromatic rings. The van der Waals surface area contributed by atoms with Crippen molar-refractivity contribution < 1.29 is 27.8 Å². The number of carbonyl (C=O) groups is 1. The number of thioether (sulfide) groups is 1. The Morgan fingerprint density at radius 3 is 2.23 bits per heavy atom. The first-order valence-electron chi connectivity index (χ1n) is 7.90. The van der Waals surface area contributed by atoms with Crippen molar-refractivity contribution >= 4 is 17.7 Å². The number of carboxylic acids is 1. The quantitative estimate of drug-likeness (QED) is 0.345. The molecule has 0 bridgehead atoms. The molecule has 0 aliphatic heterocycles. The van der Waals surface area contributed by atoms with Gasteiger partial charge in [0.1, 0.15) is 5.75 Å². The molecule has 1 saturated carbocycles. The van der Waals surface area contributed by atoms with Gasteiger partial charge in [-0.05, 0) is 25.0 Å². The first kappa shape index (κ1) is 22.0. The molecule has 6 nitrogen and oxygen atoms in total. The summed E-state index contributed by atoms with van der Waals surface area (Å²) in [5.41, 5.74) is 7.70. The van der Waals surface area contributed by atoms with Gasteiger partial charge in [-0.2, -0.15) is 0 Å². The summed E-state index contributed by atoms with van der Waals surface area (Å²) < 4.78 is 38.2. The van der Waals surface area contributed by atoms with Crippen molar-refractivity contribution in [2.75, 3.05) is 0 Å². The number of hydrazine groups is 1. The third-order valence-corrected chi connectivity index (χ3v) is 4.69. The summed E-state index contributed by atoms with van der Waals surface area (Å²) >= 11 is 1.42. The molecule has 0 heterocycles. The summed E-state index contributed by atoms with van der Waals surface area (Å²) in [4.78, 5) is 10.7. The van der Waals surface area contributed by atoms with E-state index in [1.165, 1.54) is 55.3 Å². The van der Waals surface area contributed by atoms with E-state index in [2.05, 4.69) is 10.2 Å². The van der Waals surface area contributed by atoms with Crippen LogP contribution in [-0.2, 0) is 4.79 Å². The normalized spacial score (nSPS) is 16.0. The average molecular weight is 393 g/mol. The highest BCUT2D eigenvalue weighted by Crippen LogP contribution is 2.31. The Balaban J connectivity index is 0.000000273. The fourth-order valence-corrected chi connectivity index (χ4v) is 3.47. The van der Waals surface area contributed by atoms with Crippen LogP contribution >= 0.6 is 11.8 Å². The number of benzene rings is 1. The Labute approximate surface area is 153 Å². The predicted octanol–water partition coefficient (Wildman–Crippen LogP) is 3.31.